The predicted molar refractivity (Wildman–Crippen MR) is 146 cm³/mol. The average molecular weight is 508 g/mol. The van der Waals surface area contributed by atoms with Gasteiger partial charge in [0.25, 0.3) is 17.7 Å². The highest BCUT2D eigenvalue weighted by Crippen LogP contribution is 2.21. The van der Waals surface area contributed by atoms with Crippen LogP contribution >= 0.6 is 0 Å². The molecule has 0 aliphatic heterocycles. The number of esters is 1. The summed E-state index contributed by atoms with van der Waals surface area (Å²) in [5.74, 6) is -1.82. The zero-order valence-electron chi connectivity index (χ0n) is 20.6. The normalized spacial score (nSPS) is 10.2. The molecule has 4 aromatic carbocycles. The number of anilines is 3. The van der Waals surface area contributed by atoms with Crippen LogP contribution < -0.4 is 16.0 Å². The van der Waals surface area contributed by atoms with E-state index in [2.05, 4.69) is 16.0 Å². The van der Waals surface area contributed by atoms with Gasteiger partial charge in [0.15, 0.2) is 0 Å². The number of ether oxygens (including phenoxy) is 1. The van der Waals surface area contributed by atoms with Gasteiger partial charge >= 0.3 is 5.97 Å². The van der Waals surface area contributed by atoms with Crippen molar-refractivity contribution in [2.75, 3.05) is 22.6 Å². The molecular formula is C30H25N3O5. The van der Waals surface area contributed by atoms with Crippen molar-refractivity contribution < 1.29 is 23.9 Å². The van der Waals surface area contributed by atoms with E-state index in [0.717, 1.165) is 0 Å². The maximum atomic E-state index is 13.1. The van der Waals surface area contributed by atoms with E-state index in [1.165, 1.54) is 12.1 Å². The van der Waals surface area contributed by atoms with Crippen LogP contribution in [-0.2, 0) is 4.74 Å². The first-order valence-electron chi connectivity index (χ1n) is 11.9. The molecular weight excluding hydrogens is 482 g/mol. The number of carbonyl (C=O) groups excluding carboxylic acids is 4. The minimum absolute atomic E-state index is 0.0157. The second kappa shape index (κ2) is 12.1. The van der Waals surface area contributed by atoms with Gasteiger partial charge in [-0.1, -0.05) is 36.4 Å². The Morgan fingerprint density at radius 3 is 1.50 bits per heavy atom. The van der Waals surface area contributed by atoms with Crippen LogP contribution in [-0.4, -0.2) is 30.3 Å². The number of rotatable bonds is 8. The Kier molecular flexibility index (Phi) is 8.25. The first kappa shape index (κ1) is 25.8. The molecule has 0 fully saturated rings. The molecule has 0 aliphatic rings. The SMILES string of the molecule is CCOC(=O)c1cc(NC(=O)c2ccccc2)ccc1C(=O)Nc1ccc(NC(=O)c2ccccc2)cc1. The topological polar surface area (TPSA) is 114 Å². The zero-order valence-corrected chi connectivity index (χ0v) is 20.6. The Balaban J connectivity index is 1.48. The molecule has 0 aromatic heterocycles. The van der Waals surface area contributed by atoms with Crippen LogP contribution in [0.25, 0.3) is 0 Å². The van der Waals surface area contributed by atoms with Crippen molar-refractivity contribution in [2.45, 2.75) is 6.92 Å². The fourth-order valence-corrected chi connectivity index (χ4v) is 3.62. The molecule has 0 atom stereocenters. The highest BCUT2D eigenvalue weighted by molar-refractivity contribution is 6.12. The molecule has 8 nitrogen and oxygen atoms in total. The summed E-state index contributed by atoms with van der Waals surface area (Å²) in [6, 6.07) is 28.4. The summed E-state index contributed by atoms with van der Waals surface area (Å²) in [5, 5.41) is 8.27. The summed E-state index contributed by atoms with van der Waals surface area (Å²) in [7, 11) is 0. The van der Waals surface area contributed by atoms with E-state index < -0.39 is 11.9 Å². The minimum atomic E-state index is -0.688. The third-order valence-electron chi connectivity index (χ3n) is 5.49. The Bertz CT molecular complexity index is 1450. The number of amides is 3. The summed E-state index contributed by atoms with van der Waals surface area (Å²) in [5.41, 5.74) is 2.45. The van der Waals surface area contributed by atoms with Crippen molar-refractivity contribution in [3.63, 3.8) is 0 Å². The predicted octanol–water partition coefficient (Wildman–Crippen LogP) is 5.62. The van der Waals surface area contributed by atoms with Crippen LogP contribution in [0.4, 0.5) is 17.1 Å². The summed E-state index contributed by atoms with van der Waals surface area (Å²) in [6.07, 6.45) is 0. The van der Waals surface area contributed by atoms with E-state index in [0.29, 0.717) is 28.2 Å². The lowest BCUT2D eigenvalue weighted by molar-refractivity contribution is 0.0523. The van der Waals surface area contributed by atoms with E-state index in [4.69, 9.17) is 4.74 Å². The number of carbonyl (C=O) groups is 4. The van der Waals surface area contributed by atoms with Crippen LogP contribution in [0, 0.1) is 0 Å². The fourth-order valence-electron chi connectivity index (χ4n) is 3.62. The molecule has 4 aromatic rings. The van der Waals surface area contributed by atoms with Crippen molar-refractivity contribution in [1.29, 1.82) is 0 Å². The van der Waals surface area contributed by atoms with Gasteiger partial charge in [-0.05, 0) is 73.7 Å². The zero-order chi connectivity index (χ0) is 26.9. The lowest BCUT2D eigenvalue weighted by atomic mass is 10.0. The summed E-state index contributed by atoms with van der Waals surface area (Å²) in [4.78, 5) is 50.6. The van der Waals surface area contributed by atoms with Gasteiger partial charge in [-0.25, -0.2) is 4.79 Å². The van der Waals surface area contributed by atoms with E-state index in [1.807, 2.05) is 6.07 Å². The molecule has 190 valence electrons. The maximum Gasteiger partial charge on any atom is 0.339 e. The van der Waals surface area contributed by atoms with Gasteiger partial charge in [0.1, 0.15) is 0 Å². The van der Waals surface area contributed by atoms with Crippen LogP contribution in [0.5, 0.6) is 0 Å². The number of benzene rings is 4. The molecule has 8 heteroatoms. The molecule has 0 saturated heterocycles. The molecule has 4 rings (SSSR count). The molecule has 3 amide bonds. The van der Waals surface area contributed by atoms with E-state index in [1.54, 1.807) is 91.9 Å². The van der Waals surface area contributed by atoms with E-state index in [9.17, 15) is 19.2 Å². The highest BCUT2D eigenvalue weighted by Gasteiger charge is 2.20. The van der Waals surface area contributed by atoms with Crippen molar-refractivity contribution in [3.05, 3.63) is 125 Å². The summed E-state index contributed by atoms with van der Waals surface area (Å²) >= 11 is 0. The first-order valence-corrected chi connectivity index (χ1v) is 11.9. The van der Waals surface area contributed by atoms with Crippen LogP contribution in [0.3, 0.4) is 0 Å². The molecule has 0 aliphatic carbocycles. The standard InChI is InChI=1S/C30H25N3O5/c1-2-38-30(37)26-19-24(33-28(35)21-11-7-4-8-12-21)17-18-25(26)29(36)32-23-15-13-22(14-16-23)31-27(34)20-9-5-3-6-10-20/h3-19H,2H2,1H3,(H,31,34)(H,32,36)(H,33,35). The van der Waals surface area contributed by atoms with Gasteiger partial charge in [-0.2, -0.15) is 0 Å². The third-order valence-corrected chi connectivity index (χ3v) is 5.49. The van der Waals surface area contributed by atoms with Crippen molar-refractivity contribution >= 4 is 40.8 Å². The second-order valence-electron chi connectivity index (χ2n) is 8.15. The molecule has 0 heterocycles. The molecule has 0 saturated carbocycles. The van der Waals surface area contributed by atoms with Gasteiger partial charge in [-0.15, -0.1) is 0 Å². The average Bonchev–Trinajstić information content (AvgIpc) is 2.95. The van der Waals surface area contributed by atoms with E-state index in [-0.39, 0.29) is 29.5 Å². The van der Waals surface area contributed by atoms with Gasteiger partial charge < -0.3 is 20.7 Å². The number of hydrogen-bond donors (Lipinski definition) is 3. The van der Waals surface area contributed by atoms with E-state index >= 15 is 0 Å². The molecule has 0 unspecified atom stereocenters. The molecule has 38 heavy (non-hydrogen) atoms. The van der Waals surface area contributed by atoms with Crippen LogP contribution in [0.15, 0.2) is 103 Å². The molecule has 0 spiro atoms. The number of nitrogens with one attached hydrogen (secondary N) is 3. The third kappa shape index (κ3) is 6.50. The highest BCUT2D eigenvalue weighted by atomic mass is 16.5. The largest absolute Gasteiger partial charge is 0.462 e. The maximum absolute atomic E-state index is 13.1. The Hall–Kier alpha value is -5.24. The smallest absolute Gasteiger partial charge is 0.339 e. The molecule has 0 bridgehead atoms. The lowest BCUT2D eigenvalue weighted by Gasteiger charge is -2.13. The minimum Gasteiger partial charge on any atom is -0.462 e. The van der Waals surface area contributed by atoms with Gasteiger partial charge in [0.05, 0.1) is 17.7 Å². The van der Waals surface area contributed by atoms with Crippen molar-refractivity contribution in [1.82, 2.24) is 0 Å². The second-order valence-corrected chi connectivity index (χ2v) is 8.15. The van der Waals surface area contributed by atoms with Crippen molar-refractivity contribution in [3.8, 4) is 0 Å². The fraction of sp³-hybridized carbons (Fsp3) is 0.0667. The van der Waals surface area contributed by atoms with Gasteiger partial charge in [0, 0.05) is 28.2 Å². The summed E-state index contributed by atoms with van der Waals surface area (Å²) < 4.78 is 5.13. The first-order chi connectivity index (χ1) is 18.4. The monoisotopic (exact) mass is 507 g/mol. The van der Waals surface area contributed by atoms with Crippen LogP contribution in [0.1, 0.15) is 48.4 Å². The quantitative estimate of drug-likeness (QED) is 0.268. The number of hydrogen-bond acceptors (Lipinski definition) is 5. The lowest BCUT2D eigenvalue weighted by Crippen LogP contribution is -2.19. The Morgan fingerprint density at radius 2 is 1.00 bits per heavy atom. The van der Waals surface area contributed by atoms with Gasteiger partial charge in [0.2, 0.25) is 0 Å². The van der Waals surface area contributed by atoms with Crippen molar-refractivity contribution in [2.24, 2.45) is 0 Å². The Labute approximate surface area is 219 Å². The van der Waals surface area contributed by atoms with Gasteiger partial charge in [-0.3, -0.25) is 14.4 Å². The molecule has 3 N–H and O–H groups in total. The van der Waals surface area contributed by atoms with Crippen LogP contribution in [0.2, 0.25) is 0 Å². The Morgan fingerprint density at radius 1 is 0.553 bits per heavy atom. The molecule has 0 radical (unpaired) electrons. The summed E-state index contributed by atoms with van der Waals surface area (Å²) in [6.45, 7) is 1.79.